The van der Waals surface area contributed by atoms with Gasteiger partial charge in [0.1, 0.15) is 5.92 Å². The topological polar surface area (TPSA) is 55.7 Å². The molecular formula is C20H19NO3S2. The van der Waals surface area contributed by atoms with Gasteiger partial charge < -0.3 is 4.74 Å². The lowest BCUT2D eigenvalue weighted by Crippen LogP contribution is -2.37. The molecule has 0 N–H and O–H groups in total. The molecule has 0 amide bonds. The van der Waals surface area contributed by atoms with Gasteiger partial charge in [0.05, 0.1) is 7.11 Å². The van der Waals surface area contributed by atoms with Crippen LogP contribution in [0.1, 0.15) is 41.4 Å². The van der Waals surface area contributed by atoms with E-state index in [1.54, 1.807) is 22.7 Å². The maximum atomic E-state index is 13.1. The summed E-state index contributed by atoms with van der Waals surface area (Å²) in [5.41, 5.74) is 2.28. The number of nitrogens with zero attached hydrogens (tertiary/aromatic N) is 1. The monoisotopic (exact) mass is 385 g/mol. The molecular weight excluding hydrogens is 366 g/mol. The Morgan fingerprint density at radius 1 is 1.15 bits per heavy atom. The highest BCUT2D eigenvalue weighted by Crippen LogP contribution is 2.48. The predicted molar refractivity (Wildman–Crippen MR) is 104 cm³/mol. The Hall–Kier alpha value is -2.05. The van der Waals surface area contributed by atoms with E-state index in [1.165, 1.54) is 12.0 Å². The summed E-state index contributed by atoms with van der Waals surface area (Å²) in [7, 11) is 1.39. The van der Waals surface area contributed by atoms with E-state index in [2.05, 4.69) is 6.07 Å². The van der Waals surface area contributed by atoms with Crippen molar-refractivity contribution in [1.82, 2.24) is 0 Å². The van der Waals surface area contributed by atoms with E-state index in [-0.39, 0.29) is 23.6 Å². The maximum absolute atomic E-state index is 13.1. The summed E-state index contributed by atoms with van der Waals surface area (Å²) in [6, 6.07) is 8.05. The second-order valence-corrected chi connectivity index (χ2v) is 8.61. The Kier molecular flexibility index (Phi) is 4.63. The number of carbonyl (C=O) groups is 2. The molecule has 3 atom stereocenters. The van der Waals surface area contributed by atoms with Crippen LogP contribution in [-0.4, -0.2) is 24.6 Å². The number of thiophene rings is 2. The summed E-state index contributed by atoms with van der Waals surface area (Å²) in [6.45, 7) is 1.87. The van der Waals surface area contributed by atoms with Crippen molar-refractivity contribution >= 4 is 40.1 Å². The van der Waals surface area contributed by atoms with Gasteiger partial charge in [-0.1, -0.05) is 12.1 Å². The van der Waals surface area contributed by atoms with Crippen LogP contribution in [-0.2, 0) is 14.3 Å². The third kappa shape index (κ3) is 2.87. The number of methoxy groups -OCH3 is 1. The van der Waals surface area contributed by atoms with Crippen molar-refractivity contribution in [2.75, 3.05) is 7.11 Å². The summed E-state index contributed by atoms with van der Waals surface area (Å²) >= 11 is 3.26. The first kappa shape index (κ1) is 17.4. The summed E-state index contributed by atoms with van der Waals surface area (Å²) in [5.74, 6) is -0.861. The number of hydrogen-bond acceptors (Lipinski definition) is 6. The van der Waals surface area contributed by atoms with Gasteiger partial charge in [-0.25, -0.2) is 0 Å². The molecule has 3 heterocycles. The van der Waals surface area contributed by atoms with Crippen LogP contribution in [0.25, 0.3) is 0 Å². The smallest absolute Gasteiger partial charge is 0.315 e. The average molecular weight is 386 g/mol. The number of esters is 1. The third-order valence-corrected chi connectivity index (χ3v) is 7.13. The van der Waals surface area contributed by atoms with Crippen molar-refractivity contribution in [3.8, 4) is 0 Å². The van der Waals surface area contributed by atoms with E-state index in [0.29, 0.717) is 12.0 Å². The molecule has 0 spiro atoms. The van der Waals surface area contributed by atoms with E-state index in [4.69, 9.17) is 9.73 Å². The first-order valence-electron chi connectivity index (χ1n) is 8.56. The van der Waals surface area contributed by atoms with E-state index >= 15 is 0 Å². The predicted octanol–water partition coefficient (Wildman–Crippen LogP) is 4.56. The fourth-order valence-corrected chi connectivity index (χ4v) is 5.69. The van der Waals surface area contributed by atoms with Gasteiger partial charge in [0, 0.05) is 45.0 Å². The van der Waals surface area contributed by atoms with Crippen LogP contribution < -0.4 is 0 Å². The highest BCUT2D eigenvalue weighted by atomic mass is 32.1. The average Bonchev–Trinajstić information content (AvgIpc) is 3.33. The number of rotatable bonds is 3. The highest BCUT2D eigenvalue weighted by Gasteiger charge is 2.45. The van der Waals surface area contributed by atoms with E-state index < -0.39 is 5.92 Å². The lowest BCUT2D eigenvalue weighted by atomic mass is 9.72. The van der Waals surface area contributed by atoms with Crippen LogP contribution in [0, 0.1) is 5.92 Å². The fraction of sp³-hybridized carbons (Fsp3) is 0.350. The molecule has 0 fully saturated rings. The minimum Gasteiger partial charge on any atom is -0.468 e. The van der Waals surface area contributed by atoms with Gasteiger partial charge >= 0.3 is 5.97 Å². The van der Waals surface area contributed by atoms with E-state index in [1.807, 2.05) is 35.9 Å². The molecule has 0 radical (unpaired) electrons. The number of allylic oxidation sites excluding steroid dienone is 2. The summed E-state index contributed by atoms with van der Waals surface area (Å²) < 4.78 is 5.04. The standard InChI is InChI=1S/C20H19NO3S2/c1-11-17(20(23)24-2)19(16-6-4-8-26-16)18-13(21-11)9-12(10-14(18)22)15-5-3-7-25-15/h3-8,12,17,19H,9-10H2,1-2H3/t12-,17?,19-/m0/s1. The molecule has 2 aliphatic rings. The quantitative estimate of drug-likeness (QED) is 0.728. The van der Waals surface area contributed by atoms with Crippen LogP contribution in [0.5, 0.6) is 0 Å². The van der Waals surface area contributed by atoms with Crippen molar-refractivity contribution in [1.29, 1.82) is 0 Å². The van der Waals surface area contributed by atoms with Crippen LogP contribution in [0.2, 0.25) is 0 Å². The molecule has 26 heavy (non-hydrogen) atoms. The molecule has 4 nitrogen and oxygen atoms in total. The Morgan fingerprint density at radius 2 is 1.85 bits per heavy atom. The number of aliphatic imine (C=N–C) groups is 1. The van der Waals surface area contributed by atoms with E-state index in [0.717, 1.165) is 22.7 Å². The molecule has 0 bridgehead atoms. The lowest BCUT2D eigenvalue weighted by molar-refractivity contribution is -0.143. The number of carbonyl (C=O) groups excluding carboxylic acids is 2. The zero-order chi connectivity index (χ0) is 18.3. The largest absolute Gasteiger partial charge is 0.468 e. The van der Waals surface area contributed by atoms with Crippen LogP contribution >= 0.6 is 22.7 Å². The Balaban J connectivity index is 1.80. The molecule has 2 aromatic rings. The molecule has 0 saturated carbocycles. The number of ether oxygens (including phenoxy) is 1. The second-order valence-electron chi connectivity index (χ2n) is 6.65. The minimum absolute atomic E-state index is 0.105. The summed E-state index contributed by atoms with van der Waals surface area (Å²) in [4.78, 5) is 32.6. The molecule has 1 aliphatic carbocycles. The number of hydrogen-bond donors (Lipinski definition) is 0. The summed E-state index contributed by atoms with van der Waals surface area (Å²) in [5, 5.41) is 4.02. The van der Waals surface area contributed by atoms with Crippen molar-refractivity contribution in [2.24, 2.45) is 10.9 Å². The van der Waals surface area contributed by atoms with Crippen molar-refractivity contribution in [2.45, 2.75) is 31.6 Å². The molecule has 1 unspecified atom stereocenters. The zero-order valence-corrected chi connectivity index (χ0v) is 16.2. The van der Waals surface area contributed by atoms with Gasteiger partial charge in [-0.2, -0.15) is 0 Å². The Labute approximate surface area is 160 Å². The SMILES string of the molecule is COC(=O)C1C(C)=NC2=C(C(=O)C[C@@H](c3cccs3)C2)[C@H]1c1cccs1. The molecule has 134 valence electrons. The second kappa shape index (κ2) is 6.93. The molecule has 0 aromatic carbocycles. The van der Waals surface area contributed by atoms with Crippen LogP contribution in [0.15, 0.2) is 51.3 Å². The normalized spacial score (nSPS) is 25.7. The van der Waals surface area contributed by atoms with Crippen molar-refractivity contribution in [3.63, 3.8) is 0 Å². The number of ketones is 1. The highest BCUT2D eigenvalue weighted by molar-refractivity contribution is 7.10. The minimum atomic E-state index is -0.528. The van der Waals surface area contributed by atoms with Gasteiger partial charge in [0.2, 0.25) is 0 Å². The zero-order valence-electron chi connectivity index (χ0n) is 14.6. The lowest BCUT2D eigenvalue weighted by Gasteiger charge is -2.35. The molecule has 0 saturated heterocycles. The van der Waals surface area contributed by atoms with E-state index in [9.17, 15) is 9.59 Å². The van der Waals surface area contributed by atoms with Crippen LogP contribution in [0.4, 0.5) is 0 Å². The van der Waals surface area contributed by atoms with Gasteiger partial charge in [-0.05, 0) is 36.2 Å². The van der Waals surface area contributed by atoms with Crippen molar-refractivity contribution < 1.29 is 14.3 Å². The Morgan fingerprint density at radius 3 is 2.46 bits per heavy atom. The van der Waals surface area contributed by atoms with Gasteiger partial charge in [0.15, 0.2) is 5.78 Å². The van der Waals surface area contributed by atoms with Gasteiger partial charge in [-0.3, -0.25) is 14.6 Å². The van der Waals surface area contributed by atoms with Gasteiger partial charge in [0.25, 0.3) is 0 Å². The third-order valence-electron chi connectivity index (χ3n) is 5.14. The van der Waals surface area contributed by atoms with Crippen LogP contribution in [0.3, 0.4) is 0 Å². The maximum Gasteiger partial charge on any atom is 0.315 e. The molecule has 2 aromatic heterocycles. The fourth-order valence-electron chi connectivity index (χ4n) is 3.99. The number of Topliss-reactive ketones (excluding diaryl/α,β-unsaturated/α-hetero) is 1. The Bertz CT molecular complexity index is 894. The molecule has 6 heteroatoms. The first-order valence-corrected chi connectivity index (χ1v) is 10.3. The first-order chi connectivity index (χ1) is 12.6. The molecule has 4 rings (SSSR count). The summed E-state index contributed by atoms with van der Waals surface area (Å²) in [6.07, 6.45) is 1.22. The van der Waals surface area contributed by atoms with Crippen molar-refractivity contribution in [3.05, 3.63) is 56.1 Å². The molecule has 1 aliphatic heterocycles. The van der Waals surface area contributed by atoms with Gasteiger partial charge in [-0.15, -0.1) is 22.7 Å².